The summed E-state index contributed by atoms with van der Waals surface area (Å²) < 4.78 is 10.7. The highest BCUT2D eigenvalue weighted by Crippen LogP contribution is 2.57. The Labute approximate surface area is 273 Å². The average molecular weight is 659 g/mol. The Morgan fingerprint density at radius 3 is 2.02 bits per heavy atom. The number of ketones is 2. The first-order valence-corrected chi connectivity index (χ1v) is 14.9. The Hall–Kier alpha value is -5.86. The fourth-order valence-corrected chi connectivity index (χ4v) is 7.55. The van der Waals surface area contributed by atoms with Gasteiger partial charge in [-0.3, -0.25) is 39.4 Å². The van der Waals surface area contributed by atoms with Crippen molar-refractivity contribution < 1.29 is 43.6 Å². The van der Waals surface area contributed by atoms with E-state index in [0.29, 0.717) is 11.1 Å². The second-order valence-corrected chi connectivity index (χ2v) is 12.3. The fourth-order valence-electron chi connectivity index (χ4n) is 7.55. The first-order chi connectivity index (χ1) is 22.7. The van der Waals surface area contributed by atoms with Crippen LogP contribution in [0.15, 0.2) is 58.7 Å². The molecule has 4 aliphatic rings. The molecule has 3 aliphatic carbocycles. The number of ether oxygens (including phenoxy) is 2. The predicted octanol–water partition coefficient (Wildman–Crippen LogP) is 3.93. The largest absolute Gasteiger partial charge is 0.502 e. The molecule has 1 aliphatic heterocycles. The van der Waals surface area contributed by atoms with Crippen LogP contribution in [0, 0.1) is 38.0 Å². The number of phenolic OH excluding ortho intramolecular Hbond substituents is 1. The Bertz CT molecular complexity index is 1910. The normalized spacial score (nSPS) is 23.2. The number of carbonyl (C=O) groups is 4. The third kappa shape index (κ3) is 4.64. The van der Waals surface area contributed by atoms with Crippen LogP contribution in [0.2, 0.25) is 0 Å². The maximum absolute atomic E-state index is 14.3. The van der Waals surface area contributed by atoms with Gasteiger partial charge in [0.25, 0.3) is 0 Å². The quantitative estimate of drug-likeness (QED) is 0.148. The number of rotatable bonds is 7. The van der Waals surface area contributed by atoms with Crippen LogP contribution < -0.4 is 19.3 Å². The molecule has 2 aromatic carbocycles. The number of amides is 2. The number of anilines is 2. The van der Waals surface area contributed by atoms with E-state index >= 15 is 0 Å². The van der Waals surface area contributed by atoms with Gasteiger partial charge in [0, 0.05) is 48.9 Å². The third-order valence-electron chi connectivity index (χ3n) is 9.55. The molecule has 1 saturated heterocycles. The van der Waals surface area contributed by atoms with E-state index < -0.39 is 62.5 Å². The molecular formula is C33H30N4O11. The maximum atomic E-state index is 14.3. The Morgan fingerprint density at radius 2 is 1.50 bits per heavy atom. The van der Waals surface area contributed by atoms with Crippen molar-refractivity contribution in [2.45, 2.75) is 25.7 Å². The van der Waals surface area contributed by atoms with E-state index in [9.17, 15) is 44.5 Å². The number of benzene rings is 2. The second-order valence-electron chi connectivity index (χ2n) is 12.3. The molecule has 2 amide bonds. The monoisotopic (exact) mass is 658 g/mol. The van der Waals surface area contributed by atoms with E-state index in [1.807, 2.05) is 0 Å². The molecule has 0 aromatic heterocycles. The number of phenols is 1. The molecule has 1 N–H and O–H groups in total. The lowest BCUT2D eigenvalue weighted by atomic mass is 9.59. The molecule has 0 spiro atoms. The van der Waals surface area contributed by atoms with E-state index in [-0.39, 0.29) is 64.0 Å². The molecule has 248 valence electrons. The smallest absolute Gasteiger partial charge is 0.301 e. The number of nitrogens with zero attached hydrogens (tertiary/aromatic N) is 4. The molecule has 1 heterocycles. The van der Waals surface area contributed by atoms with E-state index in [2.05, 4.69) is 0 Å². The van der Waals surface area contributed by atoms with Crippen LogP contribution in [0.1, 0.15) is 31.2 Å². The summed E-state index contributed by atoms with van der Waals surface area (Å²) in [5.74, 6) is -5.98. The molecule has 0 radical (unpaired) electrons. The zero-order valence-electron chi connectivity index (χ0n) is 26.5. The highest BCUT2D eigenvalue weighted by atomic mass is 16.6. The summed E-state index contributed by atoms with van der Waals surface area (Å²) in [5, 5.41) is 34.7. The van der Waals surface area contributed by atoms with Gasteiger partial charge in [-0.25, -0.2) is 4.90 Å². The summed E-state index contributed by atoms with van der Waals surface area (Å²) in [6, 6.07) is 4.98. The molecule has 4 unspecified atom stereocenters. The number of fused-ring (bicyclic) bond motifs is 3. The van der Waals surface area contributed by atoms with Crippen LogP contribution in [-0.2, 0) is 19.2 Å². The highest BCUT2D eigenvalue weighted by Gasteiger charge is 2.57. The van der Waals surface area contributed by atoms with Crippen molar-refractivity contribution in [3.8, 4) is 17.2 Å². The predicted molar refractivity (Wildman–Crippen MR) is 169 cm³/mol. The van der Waals surface area contributed by atoms with Crippen molar-refractivity contribution in [1.82, 2.24) is 0 Å². The molecule has 4 atom stereocenters. The van der Waals surface area contributed by atoms with Crippen molar-refractivity contribution in [3.05, 3.63) is 84.5 Å². The number of hydrogen-bond acceptors (Lipinski definition) is 12. The lowest BCUT2D eigenvalue weighted by Crippen LogP contribution is -2.39. The fraction of sp³-hybridized carbons (Fsp3) is 0.333. The number of Topliss-reactive ketones (excluding diaryl/α,β-unsaturated/α-hetero) is 1. The number of carbonyl (C=O) groups excluding carboxylic acids is 4. The molecule has 15 nitrogen and oxygen atoms in total. The summed E-state index contributed by atoms with van der Waals surface area (Å²) in [6.07, 6.45) is 3.05. The van der Waals surface area contributed by atoms with Crippen LogP contribution in [0.5, 0.6) is 17.2 Å². The minimum Gasteiger partial charge on any atom is -0.502 e. The third-order valence-corrected chi connectivity index (χ3v) is 9.55. The number of nitro groups is 2. The van der Waals surface area contributed by atoms with Gasteiger partial charge in [-0.1, -0.05) is 11.6 Å². The van der Waals surface area contributed by atoms with Crippen molar-refractivity contribution in [1.29, 1.82) is 0 Å². The first-order valence-electron chi connectivity index (χ1n) is 14.9. The van der Waals surface area contributed by atoms with E-state index in [0.717, 1.165) is 17.0 Å². The molecular weight excluding hydrogens is 628 g/mol. The number of aromatic hydroxyl groups is 1. The minimum absolute atomic E-state index is 0.0341. The standard InChI is InChI=1S/C33H30N4O11/c1-14-8-23(38)28-20(30(14)39)13-19-17(26(28)15-9-24(47-4)31(40)25(10-15)48-5)6-7-18-27(19)33(42)35(32(18)41)16-11-21(36(43)44)29(34(2)3)22(12-16)37(45)46/h6,8-12,18-19,26-27,40H,7,13H2,1-5H3. The molecule has 2 aromatic rings. The first kappa shape index (κ1) is 32.1. The number of nitro benzene ring substituents is 2. The summed E-state index contributed by atoms with van der Waals surface area (Å²) in [7, 11) is 5.49. The minimum atomic E-state index is -1.05. The number of imide groups is 1. The topological polar surface area (TPSA) is 200 Å². The van der Waals surface area contributed by atoms with Crippen LogP contribution in [0.4, 0.5) is 22.7 Å². The number of hydrogen-bond donors (Lipinski definition) is 1. The summed E-state index contributed by atoms with van der Waals surface area (Å²) in [6.45, 7) is 1.52. The summed E-state index contributed by atoms with van der Waals surface area (Å²) in [5.41, 5.74) is -0.266. The van der Waals surface area contributed by atoms with Gasteiger partial charge in [-0.2, -0.15) is 0 Å². The molecule has 15 heteroatoms. The molecule has 6 rings (SSSR count). The molecule has 48 heavy (non-hydrogen) atoms. The van der Waals surface area contributed by atoms with Gasteiger partial charge in [0.2, 0.25) is 17.6 Å². The molecule has 1 fully saturated rings. The highest BCUT2D eigenvalue weighted by molar-refractivity contribution is 6.25. The van der Waals surface area contributed by atoms with Crippen LogP contribution in [0.3, 0.4) is 0 Å². The maximum Gasteiger partial charge on any atom is 0.301 e. The van der Waals surface area contributed by atoms with Crippen molar-refractivity contribution in [2.75, 3.05) is 38.1 Å². The Morgan fingerprint density at radius 1 is 0.917 bits per heavy atom. The van der Waals surface area contributed by atoms with Crippen LogP contribution in [0.25, 0.3) is 0 Å². The summed E-state index contributed by atoms with van der Waals surface area (Å²) in [4.78, 5) is 79.8. The zero-order valence-corrected chi connectivity index (χ0v) is 26.5. The van der Waals surface area contributed by atoms with E-state index in [1.165, 1.54) is 58.3 Å². The van der Waals surface area contributed by atoms with Gasteiger partial charge in [-0.15, -0.1) is 0 Å². The second kappa shape index (κ2) is 11.4. The Kier molecular flexibility index (Phi) is 7.65. The average Bonchev–Trinajstić information content (AvgIpc) is 3.31. The van der Waals surface area contributed by atoms with Crippen molar-refractivity contribution >= 4 is 46.1 Å². The van der Waals surface area contributed by atoms with Gasteiger partial charge in [0.15, 0.2) is 28.8 Å². The molecule has 0 bridgehead atoms. The Balaban J connectivity index is 1.51. The number of allylic oxidation sites excluding steroid dienone is 6. The number of methoxy groups -OCH3 is 2. The molecule has 0 saturated carbocycles. The van der Waals surface area contributed by atoms with E-state index in [4.69, 9.17) is 9.47 Å². The van der Waals surface area contributed by atoms with E-state index in [1.54, 1.807) is 6.08 Å². The summed E-state index contributed by atoms with van der Waals surface area (Å²) >= 11 is 0. The SMILES string of the molecule is COc1cc(C2C3=CCC4C(=O)N(c5cc([N+](=O)[O-])c(N(C)C)c([N+](=O)[O-])c5)C(=O)C4C3CC3=C2C(=O)C=C(C)C3=O)cc(OC)c1O. The van der Waals surface area contributed by atoms with Crippen LogP contribution >= 0.6 is 0 Å². The lowest BCUT2D eigenvalue weighted by molar-refractivity contribution is -0.392. The van der Waals surface area contributed by atoms with Gasteiger partial charge >= 0.3 is 11.4 Å². The van der Waals surface area contributed by atoms with Gasteiger partial charge in [-0.05, 0) is 49.5 Å². The zero-order chi connectivity index (χ0) is 34.9. The van der Waals surface area contributed by atoms with Crippen LogP contribution in [-0.4, -0.2) is 66.6 Å². The van der Waals surface area contributed by atoms with Gasteiger partial charge in [0.1, 0.15) is 0 Å². The van der Waals surface area contributed by atoms with Crippen molar-refractivity contribution in [2.24, 2.45) is 17.8 Å². The lowest BCUT2D eigenvalue weighted by Gasteiger charge is -2.42. The van der Waals surface area contributed by atoms with Crippen molar-refractivity contribution in [3.63, 3.8) is 0 Å². The van der Waals surface area contributed by atoms with Gasteiger partial charge < -0.3 is 19.5 Å². The van der Waals surface area contributed by atoms with Gasteiger partial charge in [0.05, 0.1) is 41.6 Å².